The normalized spacial score (nSPS) is 12.1. The number of hydrogen-bond donors (Lipinski definition) is 0. The maximum absolute atomic E-state index is 12.9. The Balaban J connectivity index is 1.86. The Morgan fingerprint density at radius 3 is 2.48 bits per heavy atom. The van der Waals surface area contributed by atoms with E-state index in [-0.39, 0.29) is 32.0 Å². The highest BCUT2D eigenvalue weighted by molar-refractivity contribution is 7.91. The van der Waals surface area contributed by atoms with E-state index < -0.39 is 9.84 Å². The number of pyridine rings is 1. The maximum atomic E-state index is 12.9. The van der Waals surface area contributed by atoms with Gasteiger partial charge in [-0.3, -0.25) is 9.20 Å². The summed E-state index contributed by atoms with van der Waals surface area (Å²) < 4.78 is 28.6. The third-order valence-corrected chi connectivity index (χ3v) is 6.08. The first kappa shape index (κ1) is 15.6. The zero-order valence-corrected chi connectivity index (χ0v) is 14.5. The zero-order valence-electron chi connectivity index (χ0n) is 13.7. The van der Waals surface area contributed by atoms with Crippen LogP contribution in [0, 0.1) is 0 Å². The lowest BCUT2D eigenvalue weighted by atomic mass is 10.3. The molecule has 0 aliphatic carbocycles. The molecule has 27 heavy (non-hydrogen) atoms. The summed E-state index contributed by atoms with van der Waals surface area (Å²) in [6, 6.07) is 13.2. The monoisotopic (exact) mass is 377 g/mol. The molecular formula is C18H11N5O3S. The number of benzene rings is 1. The summed E-state index contributed by atoms with van der Waals surface area (Å²) in [5.74, 6) is 0. The topological polar surface area (TPSA) is 98.7 Å². The van der Waals surface area contributed by atoms with Crippen LogP contribution in [0.5, 0.6) is 0 Å². The van der Waals surface area contributed by atoms with Crippen molar-refractivity contribution < 1.29 is 8.42 Å². The van der Waals surface area contributed by atoms with E-state index in [1.165, 1.54) is 33.4 Å². The second-order valence-corrected chi connectivity index (χ2v) is 7.82. The van der Waals surface area contributed by atoms with Gasteiger partial charge in [0.1, 0.15) is 15.9 Å². The second-order valence-electron chi connectivity index (χ2n) is 5.90. The predicted molar refractivity (Wildman–Crippen MR) is 97.4 cm³/mol. The van der Waals surface area contributed by atoms with Gasteiger partial charge in [-0.25, -0.2) is 18.4 Å². The quantitative estimate of drug-likeness (QED) is 0.435. The van der Waals surface area contributed by atoms with Crippen LogP contribution >= 0.6 is 0 Å². The summed E-state index contributed by atoms with van der Waals surface area (Å²) in [5, 5.41) is 4.40. The van der Waals surface area contributed by atoms with E-state index in [1.54, 1.807) is 42.6 Å². The molecule has 1 aromatic carbocycles. The van der Waals surface area contributed by atoms with Crippen LogP contribution in [0.25, 0.3) is 22.3 Å². The Hall–Kier alpha value is -3.59. The van der Waals surface area contributed by atoms with Gasteiger partial charge in [-0.15, -0.1) is 0 Å². The number of aromatic nitrogens is 5. The van der Waals surface area contributed by atoms with Gasteiger partial charge in [0.25, 0.3) is 5.56 Å². The lowest BCUT2D eigenvalue weighted by molar-refractivity contribution is 0.597. The predicted octanol–water partition coefficient (Wildman–Crippen LogP) is 1.72. The van der Waals surface area contributed by atoms with Crippen LogP contribution < -0.4 is 5.56 Å². The average Bonchev–Trinajstić information content (AvgIpc) is 3.14. The van der Waals surface area contributed by atoms with Crippen molar-refractivity contribution >= 4 is 32.2 Å². The van der Waals surface area contributed by atoms with Gasteiger partial charge in [0.15, 0.2) is 11.3 Å². The first-order chi connectivity index (χ1) is 13.1. The fourth-order valence-electron chi connectivity index (χ4n) is 3.01. The van der Waals surface area contributed by atoms with Gasteiger partial charge in [-0.1, -0.05) is 24.3 Å². The molecule has 4 aromatic heterocycles. The molecule has 132 valence electrons. The van der Waals surface area contributed by atoms with Crippen LogP contribution in [0.4, 0.5) is 0 Å². The molecule has 0 spiro atoms. The van der Waals surface area contributed by atoms with E-state index in [2.05, 4.69) is 15.1 Å². The van der Waals surface area contributed by atoms with E-state index in [9.17, 15) is 13.2 Å². The molecule has 0 N–H and O–H groups in total. The summed E-state index contributed by atoms with van der Waals surface area (Å²) in [5.41, 5.74) is 0.516. The third-order valence-electron chi connectivity index (χ3n) is 4.32. The summed E-state index contributed by atoms with van der Waals surface area (Å²) in [6.45, 7) is 0. The number of sulfone groups is 1. The first-order valence-corrected chi connectivity index (χ1v) is 9.50. The van der Waals surface area contributed by atoms with Gasteiger partial charge < -0.3 is 0 Å². The van der Waals surface area contributed by atoms with Crippen LogP contribution in [-0.2, 0) is 9.84 Å². The molecule has 0 aliphatic heterocycles. The molecular weight excluding hydrogens is 366 g/mol. The highest BCUT2D eigenvalue weighted by Crippen LogP contribution is 2.24. The molecule has 0 saturated carbocycles. The first-order valence-electron chi connectivity index (χ1n) is 8.01. The number of nitrogens with zero attached hydrogens (tertiary/aromatic N) is 5. The molecule has 0 bridgehead atoms. The molecule has 0 unspecified atom stereocenters. The fraction of sp³-hybridized carbons (Fsp3) is 0. The maximum Gasteiger partial charge on any atom is 0.268 e. The summed E-state index contributed by atoms with van der Waals surface area (Å²) in [7, 11) is -3.80. The van der Waals surface area contributed by atoms with Gasteiger partial charge in [0, 0.05) is 12.4 Å². The standard InChI is InChI=1S/C18H11N5O3S/c24-18-13-10-19-17-14(27(25,26)12-6-2-1-3-7-12)11-20-23(17)16(13)21-15-8-4-5-9-22(15)18/h1-11H. The van der Waals surface area contributed by atoms with Crippen molar-refractivity contribution in [3.8, 4) is 0 Å². The summed E-state index contributed by atoms with van der Waals surface area (Å²) in [4.78, 5) is 21.5. The molecule has 0 atom stereocenters. The van der Waals surface area contributed by atoms with Crippen molar-refractivity contribution in [1.82, 2.24) is 24.0 Å². The minimum atomic E-state index is -3.80. The Morgan fingerprint density at radius 2 is 1.67 bits per heavy atom. The fourth-order valence-corrected chi connectivity index (χ4v) is 4.34. The Labute approximate surface area is 152 Å². The highest BCUT2D eigenvalue weighted by Gasteiger charge is 2.24. The van der Waals surface area contributed by atoms with Crippen molar-refractivity contribution in [3.05, 3.63) is 77.5 Å². The lowest BCUT2D eigenvalue weighted by Crippen LogP contribution is -2.17. The van der Waals surface area contributed by atoms with Crippen LogP contribution in [0.1, 0.15) is 0 Å². The lowest BCUT2D eigenvalue weighted by Gasteiger charge is -2.05. The number of hydrogen-bond acceptors (Lipinski definition) is 6. The number of fused-ring (bicyclic) bond motifs is 4. The van der Waals surface area contributed by atoms with Crippen LogP contribution in [0.3, 0.4) is 0 Å². The molecule has 0 radical (unpaired) electrons. The molecule has 5 aromatic rings. The number of rotatable bonds is 2. The van der Waals surface area contributed by atoms with E-state index in [0.29, 0.717) is 5.65 Å². The summed E-state index contributed by atoms with van der Waals surface area (Å²) >= 11 is 0. The van der Waals surface area contributed by atoms with Gasteiger partial charge in [0.2, 0.25) is 9.84 Å². The van der Waals surface area contributed by atoms with Crippen molar-refractivity contribution in [2.24, 2.45) is 0 Å². The molecule has 4 heterocycles. The highest BCUT2D eigenvalue weighted by atomic mass is 32.2. The largest absolute Gasteiger partial charge is 0.268 e. The van der Waals surface area contributed by atoms with E-state index in [0.717, 1.165) is 0 Å². The van der Waals surface area contributed by atoms with Crippen LogP contribution in [0.15, 0.2) is 81.7 Å². The Kier molecular flexibility index (Phi) is 3.16. The van der Waals surface area contributed by atoms with Gasteiger partial charge in [-0.2, -0.15) is 9.61 Å². The summed E-state index contributed by atoms with van der Waals surface area (Å²) in [6.07, 6.45) is 4.19. The zero-order chi connectivity index (χ0) is 18.6. The Morgan fingerprint density at radius 1 is 0.889 bits per heavy atom. The van der Waals surface area contributed by atoms with Crippen molar-refractivity contribution in [3.63, 3.8) is 0 Å². The third kappa shape index (κ3) is 2.18. The molecule has 0 aliphatic rings. The van der Waals surface area contributed by atoms with E-state index in [4.69, 9.17) is 0 Å². The molecule has 9 heteroatoms. The van der Waals surface area contributed by atoms with Crippen molar-refractivity contribution in [1.29, 1.82) is 0 Å². The van der Waals surface area contributed by atoms with E-state index in [1.807, 2.05) is 0 Å². The molecule has 0 fully saturated rings. The second kappa shape index (κ2) is 5.45. The minimum Gasteiger partial charge on any atom is -0.268 e. The van der Waals surface area contributed by atoms with Crippen LogP contribution in [-0.4, -0.2) is 32.4 Å². The van der Waals surface area contributed by atoms with Crippen LogP contribution in [0.2, 0.25) is 0 Å². The van der Waals surface area contributed by atoms with Crippen molar-refractivity contribution in [2.75, 3.05) is 0 Å². The van der Waals surface area contributed by atoms with Gasteiger partial charge in [0.05, 0.1) is 11.1 Å². The SMILES string of the molecule is O=c1c2cnc3c(S(=O)(=O)c4ccccc4)cnn3c2nc2ccccn12. The Bertz CT molecular complexity index is 1500. The van der Waals surface area contributed by atoms with E-state index >= 15 is 0 Å². The average molecular weight is 377 g/mol. The van der Waals surface area contributed by atoms with Gasteiger partial charge in [-0.05, 0) is 24.3 Å². The molecule has 0 amide bonds. The van der Waals surface area contributed by atoms with Gasteiger partial charge >= 0.3 is 0 Å². The molecule has 8 nitrogen and oxygen atoms in total. The minimum absolute atomic E-state index is 0.0364. The molecule has 0 saturated heterocycles. The van der Waals surface area contributed by atoms with Crippen molar-refractivity contribution in [2.45, 2.75) is 9.79 Å². The molecule has 5 rings (SSSR count). The smallest absolute Gasteiger partial charge is 0.268 e.